The van der Waals surface area contributed by atoms with Gasteiger partial charge in [0.25, 0.3) is 5.91 Å². The summed E-state index contributed by atoms with van der Waals surface area (Å²) < 4.78 is 1.99. The molecule has 1 N–H and O–H groups in total. The van der Waals surface area contributed by atoms with E-state index in [-0.39, 0.29) is 17.7 Å². The van der Waals surface area contributed by atoms with E-state index in [4.69, 9.17) is 0 Å². The molecule has 4 heterocycles. The Kier molecular flexibility index (Phi) is 4.89. The lowest BCUT2D eigenvalue weighted by molar-refractivity contribution is -0.134. The smallest absolute Gasteiger partial charge is 0.261 e. The minimum atomic E-state index is -0.562. The third-order valence-corrected chi connectivity index (χ3v) is 5.77. The molecule has 1 fully saturated rings. The van der Waals surface area contributed by atoms with Gasteiger partial charge in [-0.1, -0.05) is 12.1 Å². The van der Waals surface area contributed by atoms with Crippen molar-refractivity contribution in [2.45, 2.75) is 31.7 Å². The Morgan fingerprint density at radius 1 is 1.26 bits per heavy atom. The molecule has 2 amide bonds. The van der Waals surface area contributed by atoms with Crippen LogP contribution in [0.4, 0.5) is 0 Å². The molecule has 2 unspecified atom stereocenters. The topological polar surface area (TPSA) is 79.6 Å². The molecule has 27 heavy (non-hydrogen) atoms. The molecular formula is C19H21N5O2S. The van der Waals surface area contributed by atoms with Gasteiger partial charge >= 0.3 is 0 Å². The van der Waals surface area contributed by atoms with Crippen molar-refractivity contribution in [1.29, 1.82) is 0 Å². The van der Waals surface area contributed by atoms with Crippen LogP contribution in [-0.4, -0.2) is 50.4 Å². The number of piperidine rings is 1. The molecule has 1 aliphatic heterocycles. The van der Waals surface area contributed by atoms with Gasteiger partial charge in [0.15, 0.2) is 5.65 Å². The van der Waals surface area contributed by atoms with Crippen LogP contribution in [0.15, 0.2) is 41.9 Å². The number of aromatic nitrogens is 3. The fourth-order valence-electron chi connectivity index (χ4n) is 3.54. The van der Waals surface area contributed by atoms with Crippen molar-refractivity contribution < 1.29 is 9.59 Å². The second-order valence-corrected chi connectivity index (χ2v) is 7.73. The van der Waals surface area contributed by atoms with Crippen LogP contribution in [0.3, 0.4) is 0 Å². The van der Waals surface area contributed by atoms with Gasteiger partial charge in [-0.2, -0.15) is 0 Å². The summed E-state index contributed by atoms with van der Waals surface area (Å²) in [5, 5.41) is 13.2. The summed E-state index contributed by atoms with van der Waals surface area (Å²) >= 11 is 1.37. The highest BCUT2D eigenvalue weighted by molar-refractivity contribution is 7.12. The Morgan fingerprint density at radius 2 is 2.15 bits per heavy atom. The second-order valence-electron chi connectivity index (χ2n) is 6.78. The number of thiophene rings is 1. The van der Waals surface area contributed by atoms with Gasteiger partial charge < -0.3 is 10.2 Å². The fourth-order valence-corrected chi connectivity index (χ4v) is 4.16. The number of carbonyl (C=O) groups is 2. The van der Waals surface area contributed by atoms with E-state index in [1.165, 1.54) is 11.3 Å². The maximum Gasteiger partial charge on any atom is 0.261 e. The van der Waals surface area contributed by atoms with Crippen LogP contribution in [0.1, 0.15) is 41.2 Å². The quantitative estimate of drug-likeness (QED) is 0.750. The predicted molar refractivity (Wildman–Crippen MR) is 103 cm³/mol. The molecular weight excluding hydrogens is 362 g/mol. The molecule has 7 nitrogen and oxygen atoms in total. The van der Waals surface area contributed by atoms with Crippen LogP contribution in [0.25, 0.3) is 5.65 Å². The molecule has 1 saturated heterocycles. The zero-order valence-corrected chi connectivity index (χ0v) is 15.9. The SMILES string of the molecule is CC(NC(=O)c1cccs1)C(=O)N1CCCC(c2nnc3ccccn23)C1. The van der Waals surface area contributed by atoms with E-state index in [0.29, 0.717) is 18.0 Å². The average molecular weight is 383 g/mol. The maximum atomic E-state index is 12.9. The first-order valence-corrected chi connectivity index (χ1v) is 9.94. The van der Waals surface area contributed by atoms with Crippen LogP contribution in [0, 0.1) is 0 Å². The molecule has 2 atom stereocenters. The summed E-state index contributed by atoms with van der Waals surface area (Å²) in [6, 6.07) is 8.82. The molecule has 4 rings (SSSR count). The van der Waals surface area contributed by atoms with Gasteiger partial charge in [-0.05, 0) is 43.3 Å². The largest absolute Gasteiger partial charge is 0.340 e. The number of hydrogen-bond acceptors (Lipinski definition) is 5. The summed E-state index contributed by atoms with van der Waals surface area (Å²) in [7, 11) is 0. The Hall–Kier alpha value is -2.74. The standard InChI is InChI=1S/C19H21N5O2S/c1-13(20-18(25)15-7-5-11-27-15)19(26)23-9-4-6-14(12-23)17-22-21-16-8-2-3-10-24(16)17/h2-3,5,7-8,10-11,13-14H,4,6,9,12H2,1H3,(H,20,25). The van der Waals surface area contributed by atoms with Gasteiger partial charge in [0.1, 0.15) is 11.9 Å². The number of amides is 2. The van der Waals surface area contributed by atoms with E-state index in [9.17, 15) is 9.59 Å². The number of carbonyl (C=O) groups excluding carboxylic acids is 2. The van der Waals surface area contributed by atoms with Crippen molar-refractivity contribution in [1.82, 2.24) is 24.8 Å². The van der Waals surface area contributed by atoms with Gasteiger partial charge in [0, 0.05) is 25.2 Å². The molecule has 0 spiro atoms. The predicted octanol–water partition coefficient (Wildman–Crippen LogP) is 2.32. The van der Waals surface area contributed by atoms with E-state index < -0.39 is 6.04 Å². The van der Waals surface area contributed by atoms with Crippen LogP contribution < -0.4 is 5.32 Å². The first kappa shape index (κ1) is 17.7. The van der Waals surface area contributed by atoms with Crippen molar-refractivity contribution in [3.8, 4) is 0 Å². The normalized spacial score (nSPS) is 18.4. The highest BCUT2D eigenvalue weighted by atomic mass is 32.1. The van der Waals surface area contributed by atoms with Gasteiger partial charge in [-0.25, -0.2) is 0 Å². The van der Waals surface area contributed by atoms with E-state index in [1.54, 1.807) is 13.0 Å². The number of hydrogen-bond donors (Lipinski definition) is 1. The van der Waals surface area contributed by atoms with E-state index >= 15 is 0 Å². The molecule has 3 aromatic rings. The molecule has 0 radical (unpaired) electrons. The first-order chi connectivity index (χ1) is 13.1. The lowest BCUT2D eigenvalue weighted by Crippen LogP contribution is -2.49. The minimum absolute atomic E-state index is 0.0570. The van der Waals surface area contributed by atoms with Crippen molar-refractivity contribution in [2.75, 3.05) is 13.1 Å². The zero-order chi connectivity index (χ0) is 18.8. The monoisotopic (exact) mass is 383 g/mol. The first-order valence-electron chi connectivity index (χ1n) is 9.06. The van der Waals surface area contributed by atoms with Crippen molar-refractivity contribution in [2.24, 2.45) is 0 Å². The van der Waals surface area contributed by atoms with Crippen LogP contribution >= 0.6 is 11.3 Å². The molecule has 1 aliphatic rings. The maximum absolute atomic E-state index is 12.9. The van der Waals surface area contributed by atoms with Crippen molar-refractivity contribution in [3.05, 3.63) is 52.6 Å². The van der Waals surface area contributed by atoms with Gasteiger partial charge in [-0.15, -0.1) is 21.5 Å². The Balaban J connectivity index is 1.44. The molecule has 140 valence electrons. The number of rotatable bonds is 4. The Labute approximate surface area is 161 Å². The highest BCUT2D eigenvalue weighted by Crippen LogP contribution is 2.26. The van der Waals surface area contributed by atoms with E-state index in [1.807, 2.05) is 45.1 Å². The Morgan fingerprint density at radius 3 is 2.96 bits per heavy atom. The number of nitrogens with one attached hydrogen (secondary N) is 1. The molecule has 0 bridgehead atoms. The summed E-state index contributed by atoms with van der Waals surface area (Å²) in [6.45, 7) is 3.03. The fraction of sp³-hybridized carbons (Fsp3) is 0.368. The third kappa shape index (κ3) is 3.57. The zero-order valence-electron chi connectivity index (χ0n) is 15.0. The number of pyridine rings is 1. The molecule has 3 aromatic heterocycles. The van der Waals surface area contributed by atoms with Crippen LogP contribution in [0.2, 0.25) is 0 Å². The lowest BCUT2D eigenvalue weighted by Gasteiger charge is -2.33. The summed E-state index contributed by atoms with van der Waals surface area (Å²) in [4.78, 5) is 27.5. The third-order valence-electron chi connectivity index (χ3n) is 4.90. The number of likely N-dealkylation sites (tertiary alicyclic amines) is 1. The summed E-state index contributed by atoms with van der Waals surface area (Å²) in [6.07, 6.45) is 3.83. The highest BCUT2D eigenvalue weighted by Gasteiger charge is 2.30. The lowest BCUT2D eigenvalue weighted by atomic mass is 9.96. The summed E-state index contributed by atoms with van der Waals surface area (Å²) in [5.41, 5.74) is 0.813. The van der Waals surface area contributed by atoms with Crippen molar-refractivity contribution in [3.63, 3.8) is 0 Å². The van der Waals surface area contributed by atoms with E-state index in [2.05, 4.69) is 15.5 Å². The average Bonchev–Trinajstić information content (AvgIpc) is 3.37. The minimum Gasteiger partial charge on any atom is -0.340 e. The summed E-state index contributed by atoms with van der Waals surface area (Å²) in [5.74, 6) is 0.764. The second kappa shape index (κ2) is 7.48. The van der Waals surface area contributed by atoms with Gasteiger partial charge in [0.05, 0.1) is 4.88 Å². The van der Waals surface area contributed by atoms with Crippen LogP contribution in [0.5, 0.6) is 0 Å². The molecule has 0 aromatic carbocycles. The van der Waals surface area contributed by atoms with Gasteiger partial charge in [-0.3, -0.25) is 14.0 Å². The van der Waals surface area contributed by atoms with Crippen molar-refractivity contribution >= 4 is 28.8 Å². The molecule has 8 heteroatoms. The van der Waals surface area contributed by atoms with Gasteiger partial charge in [0.2, 0.25) is 5.91 Å². The van der Waals surface area contributed by atoms with E-state index in [0.717, 1.165) is 24.3 Å². The van der Waals surface area contributed by atoms with Crippen LogP contribution in [-0.2, 0) is 4.79 Å². The molecule has 0 aliphatic carbocycles. The number of fused-ring (bicyclic) bond motifs is 1. The Bertz CT molecular complexity index is 952. The number of nitrogens with zero attached hydrogens (tertiary/aromatic N) is 4. The molecule has 0 saturated carbocycles.